The van der Waals surface area contributed by atoms with Crippen molar-refractivity contribution in [3.8, 4) is 11.1 Å². The summed E-state index contributed by atoms with van der Waals surface area (Å²) in [6.45, 7) is 4.07. The van der Waals surface area contributed by atoms with Crippen molar-refractivity contribution in [1.82, 2.24) is 0 Å². The van der Waals surface area contributed by atoms with Crippen molar-refractivity contribution < 1.29 is 9.59 Å². The number of rotatable bonds is 7. The Balaban J connectivity index is 1.66. The highest BCUT2D eigenvalue weighted by Gasteiger charge is 2.18. The summed E-state index contributed by atoms with van der Waals surface area (Å²) in [7, 11) is 0. The molecule has 0 aliphatic rings. The van der Waals surface area contributed by atoms with Gasteiger partial charge in [-0.1, -0.05) is 108 Å². The van der Waals surface area contributed by atoms with Crippen LogP contribution in [0.15, 0.2) is 97.1 Å². The van der Waals surface area contributed by atoms with Crippen LogP contribution in [-0.2, 0) is 12.8 Å². The second kappa shape index (κ2) is 9.57. The monoisotopic (exact) mass is 418 g/mol. The number of Topliss-reactive ketones (excluding diaryl/α,β-unsaturated/α-hetero) is 2. The summed E-state index contributed by atoms with van der Waals surface area (Å²) in [6.07, 6.45) is 0.660. The van der Waals surface area contributed by atoms with Crippen LogP contribution in [0.25, 0.3) is 11.1 Å². The van der Waals surface area contributed by atoms with Crippen LogP contribution in [-0.4, -0.2) is 11.6 Å². The molecule has 2 heteroatoms. The Morgan fingerprint density at radius 2 is 0.844 bits per heavy atom. The van der Waals surface area contributed by atoms with Crippen LogP contribution in [0.5, 0.6) is 0 Å². The van der Waals surface area contributed by atoms with Crippen LogP contribution >= 0.6 is 0 Å². The predicted molar refractivity (Wildman–Crippen MR) is 130 cm³/mol. The molecule has 0 saturated heterocycles. The summed E-state index contributed by atoms with van der Waals surface area (Å²) < 4.78 is 0. The van der Waals surface area contributed by atoms with Crippen molar-refractivity contribution in [2.45, 2.75) is 26.7 Å². The molecule has 0 N–H and O–H groups in total. The lowest BCUT2D eigenvalue weighted by Crippen LogP contribution is -2.09. The minimum Gasteiger partial charge on any atom is -0.294 e. The van der Waals surface area contributed by atoms with E-state index < -0.39 is 0 Å². The quantitative estimate of drug-likeness (QED) is 0.309. The zero-order valence-electron chi connectivity index (χ0n) is 18.5. The lowest BCUT2D eigenvalue weighted by molar-refractivity contribution is 0.0983. The molecule has 0 unspecified atom stereocenters. The molecule has 0 heterocycles. The van der Waals surface area contributed by atoms with Crippen LogP contribution < -0.4 is 0 Å². The molecular weight excluding hydrogens is 392 g/mol. The molecule has 0 spiro atoms. The maximum atomic E-state index is 13.2. The summed E-state index contributed by atoms with van der Waals surface area (Å²) in [5.74, 6) is 0.0930. The largest absolute Gasteiger partial charge is 0.294 e. The zero-order valence-corrected chi connectivity index (χ0v) is 18.5. The summed E-state index contributed by atoms with van der Waals surface area (Å²) in [4.78, 5) is 26.4. The van der Waals surface area contributed by atoms with Crippen molar-refractivity contribution in [2.75, 3.05) is 0 Å². The van der Waals surface area contributed by atoms with Gasteiger partial charge in [-0.2, -0.15) is 0 Å². The Kier molecular flexibility index (Phi) is 6.42. The van der Waals surface area contributed by atoms with Gasteiger partial charge in [0.1, 0.15) is 0 Å². The van der Waals surface area contributed by atoms with Crippen molar-refractivity contribution in [3.05, 3.63) is 130 Å². The Bertz CT molecular complexity index is 1150. The highest BCUT2D eigenvalue weighted by atomic mass is 16.1. The summed E-state index contributed by atoms with van der Waals surface area (Å²) in [5.41, 5.74) is 7.20. The lowest BCUT2D eigenvalue weighted by Gasteiger charge is -2.13. The predicted octanol–water partition coefficient (Wildman–Crippen LogP) is 6.82. The Hall–Kier alpha value is -3.78. The molecular formula is C30H26O2. The topological polar surface area (TPSA) is 34.1 Å². The van der Waals surface area contributed by atoms with Crippen LogP contribution in [0.3, 0.4) is 0 Å². The first-order valence-electron chi connectivity index (χ1n) is 10.9. The van der Waals surface area contributed by atoms with Crippen LogP contribution in [0.1, 0.15) is 43.0 Å². The number of hydrogen-bond donors (Lipinski definition) is 0. The van der Waals surface area contributed by atoms with E-state index in [1.165, 1.54) is 11.1 Å². The lowest BCUT2D eigenvalue weighted by atomic mass is 9.89. The Morgan fingerprint density at radius 1 is 0.500 bits per heavy atom. The molecule has 0 fully saturated rings. The smallest absolute Gasteiger partial charge is 0.167 e. The number of benzene rings is 4. The molecule has 0 aromatic heterocycles. The Morgan fingerprint density at radius 3 is 1.22 bits per heavy atom. The zero-order chi connectivity index (χ0) is 22.5. The standard InChI is InChI=1S/C30H26O2/c1-21-11-15-23(16-12-21)19-29(31)27-9-5-3-7-25(27)26-8-4-6-10-28(26)30(32)20-24-17-13-22(2)14-18-24/h3-18H,19-20H2,1-2H3. The van der Waals surface area contributed by atoms with E-state index in [1.54, 1.807) is 0 Å². The van der Waals surface area contributed by atoms with E-state index in [1.807, 2.05) is 111 Å². The highest BCUT2D eigenvalue weighted by Crippen LogP contribution is 2.29. The van der Waals surface area contributed by atoms with E-state index in [2.05, 4.69) is 0 Å². The van der Waals surface area contributed by atoms with Crippen molar-refractivity contribution in [2.24, 2.45) is 0 Å². The van der Waals surface area contributed by atoms with Crippen molar-refractivity contribution in [3.63, 3.8) is 0 Å². The van der Waals surface area contributed by atoms with Gasteiger partial charge in [-0.25, -0.2) is 0 Å². The van der Waals surface area contributed by atoms with Gasteiger partial charge >= 0.3 is 0 Å². The maximum absolute atomic E-state index is 13.2. The minimum absolute atomic E-state index is 0.0465. The second-order valence-corrected chi connectivity index (χ2v) is 8.26. The number of carbonyl (C=O) groups excluding carboxylic acids is 2. The van der Waals surface area contributed by atoms with Crippen molar-refractivity contribution in [1.29, 1.82) is 0 Å². The molecule has 2 nitrogen and oxygen atoms in total. The summed E-state index contributed by atoms with van der Waals surface area (Å²) in [6, 6.07) is 31.2. The van der Waals surface area contributed by atoms with Gasteiger partial charge in [-0.05, 0) is 36.1 Å². The van der Waals surface area contributed by atoms with E-state index in [0.29, 0.717) is 24.0 Å². The van der Waals surface area contributed by atoms with Crippen LogP contribution in [0.4, 0.5) is 0 Å². The van der Waals surface area contributed by atoms with Gasteiger partial charge in [0.2, 0.25) is 0 Å². The molecule has 158 valence electrons. The highest BCUT2D eigenvalue weighted by molar-refractivity contribution is 6.08. The molecule has 32 heavy (non-hydrogen) atoms. The van der Waals surface area contributed by atoms with Gasteiger partial charge in [0.15, 0.2) is 11.6 Å². The third kappa shape index (κ3) is 4.92. The first kappa shape index (κ1) is 21.5. The average Bonchev–Trinajstić information content (AvgIpc) is 2.82. The number of aryl methyl sites for hydroxylation is 2. The Labute approximate surface area is 189 Å². The van der Waals surface area contributed by atoms with Gasteiger partial charge in [0.25, 0.3) is 0 Å². The molecule has 0 atom stereocenters. The summed E-state index contributed by atoms with van der Waals surface area (Å²) >= 11 is 0. The van der Waals surface area contributed by atoms with E-state index >= 15 is 0 Å². The molecule has 0 bridgehead atoms. The third-order valence-electron chi connectivity index (χ3n) is 5.72. The summed E-state index contributed by atoms with van der Waals surface area (Å²) in [5, 5.41) is 0. The SMILES string of the molecule is Cc1ccc(CC(=O)c2ccccc2-c2ccccc2C(=O)Cc2ccc(C)cc2)cc1. The molecule has 4 aromatic rings. The van der Waals surface area contributed by atoms with Gasteiger partial charge in [0, 0.05) is 24.0 Å². The third-order valence-corrected chi connectivity index (χ3v) is 5.72. The van der Waals surface area contributed by atoms with E-state index in [9.17, 15) is 9.59 Å². The van der Waals surface area contributed by atoms with E-state index in [-0.39, 0.29) is 11.6 Å². The molecule has 0 amide bonds. The molecule has 0 aliphatic carbocycles. The van der Waals surface area contributed by atoms with Gasteiger partial charge in [0.05, 0.1) is 0 Å². The van der Waals surface area contributed by atoms with Crippen LogP contribution in [0, 0.1) is 13.8 Å². The fraction of sp³-hybridized carbons (Fsp3) is 0.133. The fourth-order valence-corrected chi connectivity index (χ4v) is 3.90. The second-order valence-electron chi connectivity index (χ2n) is 8.26. The molecule has 0 radical (unpaired) electrons. The molecule has 0 saturated carbocycles. The van der Waals surface area contributed by atoms with E-state index in [0.717, 1.165) is 22.3 Å². The number of ketones is 2. The first-order valence-corrected chi connectivity index (χ1v) is 10.9. The normalized spacial score (nSPS) is 10.7. The maximum Gasteiger partial charge on any atom is 0.167 e. The minimum atomic E-state index is 0.0465. The molecule has 4 aromatic carbocycles. The average molecular weight is 419 g/mol. The van der Waals surface area contributed by atoms with Crippen LogP contribution in [0.2, 0.25) is 0 Å². The van der Waals surface area contributed by atoms with Gasteiger partial charge < -0.3 is 0 Å². The van der Waals surface area contributed by atoms with Gasteiger partial charge in [-0.15, -0.1) is 0 Å². The fourth-order valence-electron chi connectivity index (χ4n) is 3.90. The number of hydrogen-bond acceptors (Lipinski definition) is 2. The van der Waals surface area contributed by atoms with Gasteiger partial charge in [-0.3, -0.25) is 9.59 Å². The first-order chi connectivity index (χ1) is 15.5. The molecule has 0 aliphatic heterocycles. The number of carbonyl (C=O) groups is 2. The van der Waals surface area contributed by atoms with Crippen molar-refractivity contribution >= 4 is 11.6 Å². The van der Waals surface area contributed by atoms with E-state index in [4.69, 9.17) is 0 Å². The molecule has 4 rings (SSSR count).